The lowest BCUT2D eigenvalue weighted by Gasteiger charge is -2.29. The van der Waals surface area contributed by atoms with Crippen LogP contribution in [0.2, 0.25) is 0 Å². The number of thiazole rings is 1. The van der Waals surface area contributed by atoms with E-state index in [2.05, 4.69) is 18.7 Å². The van der Waals surface area contributed by atoms with Crippen molar-refractivity contribution in [3.8, 4) is 0 Å². The molecule has 1 fully saturated rings. The molecule has 1 aliphatic heterocycles. The molecule has 0 aliphatic carbocycles. The zero-order valence-corrected chi connectivity index (χ0v) is 13.1. The van der Waals surface area contributed by atoms with E-state index in [4.69, 9.17) is 4.98 Å². The summed E-state index contributed by atoms with van der Waals surface area (Å²) < 4.78 is 0. The molecule has 0 N–H and O–H groups in total. The Morgan fingerprint density at radius 2 is 2.32 bits per heavy atom. The van der Waals surface area contributed by atoms with E-state index < -0.39 is 0 Å². The predicted octanol–water partition coefficient (Wildman–Crippen LogP) is 3.53. The maximum absolute atomic E-state index is 11.7. The minimum atomic E-state index is 0.166. The first-order valence-electron chi connectivity index (χ1n) is 7.32. The van der Waals surface area contributed by atoms with Crippen molar-refractivity contribution in [3.63, 3.8) is 0 Å². The lowest BCUT2D eigenvalue weighted by atomic mass is 10.0. The highest BCUT2D eigenvalue weighted by molar-refractivity contribution is 7.13. The molecule has 1 aliphatic rings. The fourth-order valence-electron chi connectivity index (χ4n) is 2.77. The van der Waals surface area contributed by atoms with Gasteiger partial charge < -0.3 is 0 Å². The Balaban J connectivity index is 2.07. The minimum absolute atomic E-state index is 0.166. The van der Waals surface area contributed by atoms with Gasteiger partial charge in [-0.1, -0.05) is 20.3 Å². The SMILES string of the molecule is CCCc1nc(CN2CCCC(C)C2)sc1C(C)=O. The van der Waals surface area contributed by atoms with Crippen LogP contribution in [0.4, 0.5) is 0 Å². The lowest BCUT2D eigenvalue weighted by Crippen LogP contribution is -2.33. The van der Waals surface area contributed by atoms with Gasteiger partial charge in [0.1, 0.15) is 5.01 Å². The van der Waals surface area contributed by atoms with Crippen LogP contribution in [0.15, 0.2) is 0 Å². The first-order valence-corrected chi connectivity index (χ1v) is 8.13. The highest BCUT2D eigenvalue weighted by Crippen LogP contribution is 2.24. The van der Waals surface area contributed by atoms with Gasteiger partial charge in [-0.3, -0.25) is 9.69 Å². The summed E-state index contributed by atoms with van der Waals surface area (Å²) in [5.41, 5.74) is 1.01. The number of nitrogens with zero attached hydrogens (tertiary/aromatic N) is 2. The van der Waals surface area contributed by atoms with E-state index in [0.717, 1.165) is 47.4 Å². The van der Waals surface area contributed by atoms with E-state index >= 15 is 0 Å². The Labute approximate surface area is 120 Å². The Morgan fingerprint density at radius 3 is 2.95 bits per heavy atom. The number of hydrogen-bond donors (Lipinski definition) is 0. The summed E-state index contributed by atoms with van der Waals surface area (Å²) in [7, 11) is 0. The van der Waals surface area contributed by atoms with Crippen LogP contribution in [-0.2, 0) is 13.0 Å². The average Bonchev–Trinajstić information content (AvgIpc) is 2.73. The molecular weight excluding hydrogens is 256 g/mol. The summed E-state index contributed by atoms with van der Waals surface area (Å²) in [6.45, 7) is 9.35. The van der Waals surface area contributed by atoms with Crippen LogP contribution >= 0.6 is 11.3 Å². The standard InChI is InChI=1S/C15H24N2OS/c1-4-6-13-15(12(3)18)19-14(16-13)10-17-8-5-7-11(2)9-17/h11H,4-10H2,1-3H3. The maximum atomic E-state index is 11.7. The van der Waals surface area contributed by atoms with E-state index in [1.807, 2.05) is 0 Å². The van der Waals surface area contributed by atoms with Gasteiger partial charge in [-0.25, -0.2) is 4.98 Å². The van der Waals surface area contributed by atoms with Crippen molar-refractivity contribution < 1.29 is 4.79 Å². The van der Waals surface area contributed by atoms with E-state index in [1.54, 1.807) is 18.3 Å². The fourth-order valence-corrected chi connectivity index (χ4v) is 3.82. The van der Waals surface area contributed by atoms with Gasteiger partial charge in [0.25, 0.3) is 0 Å². The molecule has 3 nitrogen and oxygen atoms in total. The number of aryl methyl sites for hydroxylation is 1. The first-order chi connectivity index (χ1) is 9.10. The maximum Gasteiger partial charge on any atom is 0.171 e. The Hall–Kier alpha value is -0.740. The summed E-state index contributed by atoms with van der Waals surface area (Å²) in [5.74, 6) is 0.954. The number of carbonyl (C=O) groups is 1. The van der Waals surface area contributed by atoms with Gasteiger partial charge in [0.05, 0.1) is 17.1 Å². The molecule has 0 bridgehead atoms. The van der Waals surface area contributed by atoms with E-state index in [-0.39, 0.29) is 5.78 Å². The molecule has 0 aromatic carbocycles. The predicted molar refractivity (Wildman–Crippen MR) is 79.8 cm³/mol. The molecule has 4 heteroatoms. The highest BCUT2D eigenvalue weighted by atomic mass is 32.1. The van der Waals surface area contributed by atoms with Crippen LogP contribution in [0.5, 0.6) is 0 Å². The molecule has 0 spiro atoms. The van der Waals surface area contributed by atoms with Gasteiger partial charge in [-0.05, 0) is 31.7 Å². The summed E-state index contributed by atoms with van der Waals surface area (Å²) in [4.78, 5) is 19.7. The Kier molecular flexibility index (Phi) is 5.11. The zero-order chi connectivity index (χ0) is 13.8. The zero-order valence-electron chi connectivity index (χ0n) is 12.2. The number of rotatable bonds is 5. The number of aromatic nitrogens is 1. The smallest absolute Gasteiger partial charge is 0.171 e. The minimum Gasteiger partial charge on any atom is -0.296 e. The number of ketones is 1. The number of carbonyl (C=O) groups excluding carboxylic acids is 1. The average molecular weight is 280 g/mol. The van der Waals surface area contributed by atoms with Crippen LogP contribution in [-0.4, -0.2) is 28.8 Å². The van der Waals surface area contributed by atoms with Crippen molar-refractivity contribution in [1.29, 1.82) is 0 Å². The number of Topliss-reactive ketones (excluding diaryl/α,β-unsaturated/α-hetero) is 1. The molecule has 0 saturated carbocycles. The Bertz CT molecular complexity index is 441. The second kappa shape index (κ2) is 6.62. The van der Waals surface area contributed by atoms with Crippen LogP contribution in [0, 0.1) is 5.92 Å². The van der Waals surface area contributed by atoms with E-state index in [1.165, 1.54) is 19.4 Å². The first kappa shape index (κ1) is 14.7. The molecular formula is C15H24N2OS. The van der Waals surface area contributed by atoms with Gasteiger partial charge in [0, 0.05) is 13.5 Å². The molecule has 106 valence electrons. The van der Waals surface area contributed by atoms with E-state index in [0.29, 0.717) is 0 Å². The largest absolute Gasteiger partial charge is 0.296 e. The molecule has 1 aromatic heterocycles. The topological polar surface area (TPSA) is 33.2 Å². The molecule has 1 saturated heterocycles. The second-order valence-corrected chi connectivity index (χ2v) is 6.76. The van der Waals surface area contributed by atoms with Crippen molar-refractivity contribution in [1.82, 2.24) is 9.88 Å². The van der Waals surface area contributed by atoms with Gasteiger partial charge in [-0.15, -0.1) is 11.3 Å². The summed E-state index contributed by atoms with van der Waals surface area (Å²) in [5, 5.41) is 1.11. The summed E-state index contributed by atoms with van der Waals surface area (Å²) in [6.07, 6.45) is 4.59. The number of likely N-dealkylation sites (tertiary alicyclic amines) is 1. The summed E-state index contributed by atoms with van der Waals surface area (Å²) in [6, 6.07) is 0. The van der Waals surface area contributed by atoms with Crippen molar-refractivity contribution in [2.75, 3.05) is 13.1 Å². The lowest BCUT2D eigenvalue weighted by molar-refractivity contribution is 0.102. The van der Waals surface area contributed by atoms with Gasteiger partial charge in [-0.2, -0.15) is 0 Å². The third kappa shape index (κ3) is 3.86. The molecule has 2 heterocycles. The monoisotopic (exact) mass is 280 g/mol. The third-order valence-electron chi connectivity index (χ3n) is 3.65. The summed E-state index contributed by atoms with van der Waals surface area (Å²) >= 11 is 1.60. The quantitative estimate of drug-likeness (QED) is 0.774. The molecule has 1 atom stereocenters. The van der Waals surface area contributed by atoms with Crippen molar-refractivity contribution in [2.24, 2.45) is 5.92 Å². The van der Waals surface area contributed by atoms with Crippen LogP contribution < -0.4 is 0 Å². The highest BCUT2D eigenvalue weighted by Gasteiger charge is 2.20. The van der Waals surface area contributed by atoms with Crippen molar-refractivity contribution >= 4 is 17.1 Å². The third-order valence-corrected chi connectivity index (χ3v) is 4.83. The van der Waals surface area contributed by atoms with Gasteiger partial charge >= 0.3 is 0 Å². The molecule has 0 amide bonds. The van der Waals surface area contributed by atoms with Gasteiger partial charge in [0.15, 0.2) is 5.78 Å². The van der Waals surface area contributed by atoms with Crippen molar-refractivity contribution in [3.05, 3.63) is 15.6 Å². The second-order valence-electron chi connectivity index (χ2n) is 5.67. The van der Waals surface area contributed by atoms with Crippen LogP contribution in [0.25, 0.3) is 0 Å². The van der Waals surface area contributed by atoms with Gasteiger partial charge in [0.2, 0.25) is 0 Å². The number of hydrogen-bond acceptors (Lipinski definition) is 4. The number of piperidine rings is 1. The molecule has 1 unspecified atom stereocenters. The Morgan fingerprint density at radius 1 is 1.53 bits per heavy atom. The molecule has 1 aromatic rings. The van der Waals surface area contributed by atoms with Crippen molar-refractivity contribution in [2.45, 2.75) is 53.0 Å². The van der Waals surface area contributed by atoms with E-state index in [9.17, 15) is 4.79 Å². The normalized spacial score (nSPS) is 20.7. The molecule has 0 radical (unpaired) electrons. The van der Waals surface area contributed by atoms with Crippen LogP contribution in [0.3, 0.4) is 0 Å². The van der Waals surface area contributed by atoms with Crippen LogP contribution in [0.1, 0.15) is 60.4 Å². The fraction of sp³-hybridized carbons (Fsp3) is 0.733. The molecule has 2 rings (SSSR count). The molecule has 19 heavy (non-hydrogen) atoms.